The molecule has 1 aliphatic rings. The maximum atomic E-state index is 12.5. The van der Waals surface area contributed by atoms with Crippen LogP contribution in [0.25, 0.3) is 0 Å². The molecular weight excluding hydrogens is 290 g/mol. The molecule has 1 aromatic rings. The Labute approximate surface area is 126 Å². The summed E-state index contributed by atoms with van der Waals surface area (Å²) in [4.78, 5) is 14.2. The van der Waals surface area contributed by atoms with Gasteiger partial charge in [0.05, 0.1) is 0 Å². The fourth-order valence-corrected chi connectivity index (χ4v) is 3.43. The molecule has 0 saturated heterocycles. The van der Waals surface area contributed by atoms with E-state index >= 15 is 0 Å². The monoisotopic (exact) mass is 313 g/mol. The lowest BCUT2D eigenvalue weighted by Crippen LogP contribution is -2.29. The van der Waals surface area contributed by atoms with Gasteiger partial charge in [0.1, 0.15) is 10.6 Å². The number of carbonyl (C=O) groups is 1. The lowest BCUT2D eigenvalue weighted by Gasteiger charge is -2.20. The number of rotatable bonds is 5. The first-order chi connectivity index (χ1) is 9.84. The predicted octanol–water partition coefficient (Wildman–Crippen LogP) is 1.73. The Morgan fingerprint density at radius 2 is 2.05 bits per heavy atom. The summed E-state index contributed by atoms with van der Waals surface area (Å²) in [5.74, 6) is -0.154. The summed E-state index contributed by atoms with van der Waals surface area (Å²) in [6.45, 7) is 2.63. The highest BCUT2D eigenvalue weighted by Gasteiger charge is 2.26. The average Bonchev–Trinajstić information content (AvgIpc) is 3.05. The molecule has 0 unspecified atom stereocenters. The van der Waals surface area contributed by atoms with Crippen LogP contribution in [0.3, 0.4) is 0 Å². The fourth-order valence-electron chi connectivity index (χ4n) is 2.90. The molecule has 1 aliphatic carbocycles. The van der Waals surface area contributed by atoms with E-state index in [9.17, 15) is 13.2 Å². The second-order valence-corrected chi connectivity index (χ2v) is 7.24. The summed E-state index contributed by atoms with van der Waals surface area (Å²) in [6.07, 6.45) is 6.51. The van der Waals surface area contributed by atoms with Gasteiger partial charge in [-0.05, 0) is 25.3 Å². The minimum absolute atomic E-state index is 0.0163. The van der Waals surface area contributed by atoms with Crippen molar-refractivity contribution >= 4 is 15.9 Å². The van der Waals surface area contributed by atoms with Gasteiger partial charge in [0, 0.05) is 25.8 Å². The SMILES string of the molecule is CCCN(C)C(=O)c1cc(S(N)(=O)=O)cn1C1CCCC1. The van der Waals surface area contributed by atoms with Gasteiger partial charge < -0.3 is 9.47 Å². The van der Waals surface area contributed by atoms with Crippen molar-refractivity contribution in [1.29, 1.82) is 0 Å². The van der Waals surface area contributed by atoms with Crippen LogP contribution in [0.5, 0.6) is 0 Å². The molecule has 2 N–H and O–H groups in total. The van der Waals surface area contributed by atoms with Gasteiger partial charge in [-0.2, -0.15) is 0 Å². The third-order valence-corrected chi connectivity index (χ3v) is 4.88. The highest BCUT2D eigenvalue weighted by atomic mass is 32.2. The van der Waals surface area contributed by atoms with Crippen molar-refractivity contribution in [3.8, 4) is 0 Å². The molecule has 0 radical (unpaired) electrons. The highest BCUT2D eigenvalue weighted by Crippen LogP contribution is 2.32. The van der Waals surface area contributed by atoms with Crippen LogP contribution in [-0.4, -0.2) is 37.4 Å². The van der Waals surface area contributed by atoms with Crippen molar-refractivity contribution in [2.75, 3.05) is 13.6 Å². The van der Waals surface area contributed by atoms with E-state index in [4.69, 9.17) is 5.14 Å². The molecule has 6 nitrogen and oxygen atoms in total. The van der Waals surface area contributed by atoms with E-state index in [1.54, 1.807) is 16.5 Å². The Hall–Kier alpha value is -1.34. The molecule has 7 heteroatoms. The number of hydrogen-bond donors (Lipinski definition) is 1. The van der Waals surface area contributed by atoms with Crippen LogP contribution in [0.4, 0.5) is 0 Å². The third kappa shape index (κ3) is 3.47. The van der Waals surface area contributed by atoms with Crippen LogP contribution >= 0.6 is 0 Å². The normalized spacial score (nSPS) is 16.3. The van der Waals surface area contributed by atoms with Crippen LogP contribution in [0, 0.1) is 0 Å². The number of nitrogens with two attached hydrogens (primary N) is 1. The molecule has 1 aromatic heterocycles. The first kappa shape index (κ1) is 16.0. The topological polar surface area (TPSA) is 85.4 Å². The molecule has 1 saturated carbocycles. The van der Waals surface area contributed by atoms with Gasteiger partial charge in [-0.1, -0.05) is 19.8 Å². The van der Waals surface area contributed by atoms with E-state index in [1.807, 2.05) is 6.92 Å². The average molecular weight is 313 g/mol. The summed E-state index contributed by atoms with van der Waals surface area (Å²) in [6, 6.07) is 1.59. The van der Waals surface area contributed by atoms with Crippen molar-refractivity contribution in [1.82, 2.24) is 9.47 Å². The zero-order valence-electron chi connectivity index (χ0n) is 12.6. The van der Waals surface area contributed by atoms with Crippen molar-refractivity contribution in [2.45, 2.75) is 50.0 Å². The quantitative estimate of drug-likeness (QED) is 0.898. The smallest absolute Gasteiger partial charge is 0.270 e. The second-order valence-electron chi connectivity index (χ2n) is 5.68. The molecule has 1 heterocycles. The van der Waals surface area contributed by atoms with Gasteiger partial charge in [0.15, 0.2) is 0 Å². The Balaban J connectivity index is 2.42. The van der Waals surface area contributed by atoms with Gasteiger partial charge in [-0.25, -0.2) is 13.6 Å². The Bertz CT molecular complexity index is 615. The van der Waals surface area contributed by atoms with E-state index < -0.39 is 10.0 Å². The summed E-state index contributed by atoms with van der Waals surface area (Å²) < 4.78 is 24.9. The zero-order chi connectivity index (χ0) is 15.6. The van der Waals surface area contributed by atoms with Crippen molar-refractivity contribution in [2.24, 2.45) is 5.14 Å². The molecule has 118 valence electrons. The molecule has 0 aromatic carbocycles. The van der Waals surface area contributed by atoms with Crippen molar-refractivity contribution in [3.05, 3.63) is 18.0 Å². The minimum atomic E-state index is -3.80. The Kier molecular flexibility index (Phi) is 4.73. The molecule has 1 amide bonds. The fraction of sp³-hybridized carbons (Fsp3) is 0.643. The lowest BCUT2D eigenvalue weighted by molar-refractivity contribution is 0.0782. The number of carbonyl (C=O) groups excluding carboxylic acids is 1. The largest absolute Gasteiger partial charge is 0.340 e. The van der Waals surface area contributed by atoms with Crippen LogP contribution in [-0.2, 0) is 10.0 Å². The third-order valence-electron chi connectivity index (χ3n) is 3.99. The Morgan fingerprint density at radius 1 is 1.43 bits per heavy atom. The Morgan fingerprint density at radius 3 is 2.57 bits per heavy atom. The highest BCUT2D eigenvalue weighted by molar-refractivity contribution is 7.89. The minimum Gasteiger partial charge on any atom is -0.340 e. The van der Waals surface area contributed by atoms with Gasteiger partial charge in [-0.3, -0.25) is 4.79 Å². The maximum absolute atomic E-state index is 12.5. The van der Waals surface area contributed by atoms with Gasteiger partial charge in [-0.15, -0.1) is 0 Å². The van der Waals surface area contributed by atoms with Gasteiger partial charge in [0.25, 0.3) is 5.91 Å². The second kappa shape index (κ2) is 6.19. The van der Waals surface area contributed by atoms with Gasteiger partial charge >= 0.3 is 0 Å². The number of amides is 1. The molecule has 0 bridgehead atoms. The predicted molar refractivity (Wildman–Crippen MR) is 80.6 cm³/mol. The number of nitrogens with zero attached hydrogens (tertiary/aromatic N) is 2. The van der Waals surface area contributed by atoms with Crippen LogP contribution in [0.1, 0.15) is 55.6 Å². The maximum Gasteiger partial charge on any atom is 0.270 e. The standard InChI is InChI=1S/C14H23N3O3S/c1-3-8-16(2)14(18)13-9-12(21(15,19)20)10-17(13)11-6-4-5-7-11/h9-11H,3-8H2,1-2H3,(H2,15,19,20). The number of hydrogen-bond acceptors (Lipinski definition) is 3. The number of sulfonamides is 1. The summed E-state index contributed by atoms with van der Waals surface area (Å²) in [5, 5.41) is 5.21. The summed E-state index contributed by atoms with van der Waals surface area (Å²) >= 11 is 0. The van der Waals surface area contributed by atoms with Gasteiger partial charge in [0.2, 0.25) is 10.0 Å². The molecule has 2 rings (SSSR count). The summed E-state index contributed by atoms with van der Waals surface area (Å²) in [5.41, 5.74) is 0.418. The number of aromatic nitrogens is 1. The van der Waals surface area contributed by atoms with Crippen molar-refractivity contribution < 1.29 is 13.2 Å². The first-order valence-corrected chi connectivity index (χ1v) is 8.89. The van der Waals surface area contributed by atoms with E-state index in [-0.39, 0.29) is 16.8 Å². The zero-order valence-corrected chi connectivity index (χ0v) is 13.4. The van der Waals surface area contributed by atoms with Crippen LogP contribution in [0.2, 0.25) is 0 Å². The van der Waals surface area contributed by atoms with Crippen LogP contribution < -0.4 is 5.14 Å². The number of primary sulfonamides is 1. The summed E-state index contributed by atoms with van der Waals surface area (Å²) in [7, 11) is -2.07. The van der Waals surface area contributed by atoms with Crippen molar-refractivity contribution in [3.63, 3.8) is 0 Å². The molecular formula is C14H23N3O3S. The molecule has 21 heavy (non-hydrogen) atoms. The molecule has 0 atom stereocenters. The lowest BCUT2D eigenvalue weighted by atomic mass is 10.2. The van der Waals surface area contributed by atoms with E-state index in [0.29, 0.717) is 12.2 Å². The van der Waals surface area contributed by atoms with E-state index in [0.717, 1.165) is 32.1 Å². The van der Waals surface area contributed by atoms with E-state index in [1.165, 1.54) is 12.3 Å². The molecule has 1 fully saturated rings. The molecule has 0 spiro atoms. The van der Waals surface area contributed by atoms with Crippen LogP contribution in [0.15, 0.2) is 17.2 Å². The molecule has 0 aliphatic heterocycles. The van der Waals surface area contributed by atoms with E-state index in [2.05, 4.69) is 0 Å². The first-order valence-electron chi connectivity index (χ1n) is 7.34.